The van der Waals surface area contributed by atoms with Gasteiger partial charge in [0.2, 0.25) is 0 Å². The van der Waals surface area contributed by atoms with Crippen molar-refractivity contribution in [3.8, 4) is 0 Å². The van der Waals surface area contributed by atoms with Gasteiger partial charge in [-0.2, -0.15) is 0 Å². The van der Waals surface area contributed by atoms with Crippen molar-refractivity contribution in [1.29, 1.82) is 0 Å². The molecule has 0 amide bonds. The van der Waals surface area contributed by atoms with Crippen LogP contribution in [0, 0.1) is 5.92 Å². The summed E-state index contributed by atoms with van der Waals surface area (Å²) >= 11 is 2.25. The van der Waals surface area contributed by atoms with E-state index in [4.69, 9.17) is 3.21 Å². The molecule has 1 saturated carbocycles. The average molecular weight is 390 g/mol. The van der Waals surface area contributed by atoms with Crippen LogP contribution in [0.4, 0.5) is 0 Å². The van der Waals surface area contributed by atoms with Gasteiger partial charge in [0.25, 0.3) is 0 Å². The van der Waals surface area contributed by atoms with E-state index in [1.165, 1.54) is 102 Å². The Morgan fingerprint density at radius 2 is 1.15 bits per heavy atom. The zero-order valence-corrected chi connectivity index (χ0v) is 15.1. The van der Waals surface area contributed by atoms with Crippen molar-refractivity contribution in [2.45, 2.75) is 83.5 Å². The molecule has 116 valence electrons. The second-order valence-corrected chi connectivity index (χ2v) is 7.08. The molecule has 1 aliphatic carbocycles. The summed E-state index contributed by atoms with van der Waals surface area (Å²) in [4.78, 5) is 2.63. The summed E-state index contributed by atoms with van der Waals surface area (Å²) in [6.45, 7) is 2.50. The number of hydrogen-bond donors (Lipinski definition) is 0. The third-order valence-electron chi connectivity index (χ3n) is 4.99. The average Bonchev–Trinajstić information content (AvgIpc) is 2.55. The molecule has 0 aromatic heterocycles. The highest BCUT2D eigenvalue weighted by Gasteiger charge is 2.22. The van der Waals surface area contributed by atoms with E-state index < -0.39 is 0 Å². The Labute approximate surface area is 139 Å². The van der Waals surface area contributed by atoms with Crippen molar-refractivity contribution >= 4 is 28.7 Å². The van der Waals surface area contributed by atoms with Crippen LogP contribution in [-0.4, -0.2) is 23.8 Å². The maximum Gasteiger partial charge on any atom is 0.114 e. The molecular formula is C17H31IN2. The van der Waals surface area contributed by atoms with Crippen LogP contribution in [0.3, 0.4) is 0 Å². The molecule has 1 saturated heterocycles. The number of rotatable bonds is 1. The smallest absolute Gasteiger partial charge is 0.114 e. The molecule has 1 aliphatic heterocycles. The van der Waals surface area contributed by atoms with E-state index in [1.807, 2.05) is 0 Å². The van der Waals surface area contributed by atoms with Gasteiger partial charge in [0, 0.05) is 19.0 Å². The highest BCUT2D eigenvalue weighted by molar-refractivity contribution is 14.1. The van der Waals surface area contributed by atoms with Crippen LogP contribution in [0.2, 0.25) is 0 Å². The number of nitrogens with zero attached hydrogens (tertiary/aromatic N) is 2. The van der Waals surface area contributed by atoms with Crippen molar-refractivity contribution in [3.63, 3.8) is 0 Å². The topological polar surface area (TPSA) is 15.6 Å². The molecule has 20 heavy (non-hydrogen) atoms. The monoisotopic (exact) mass is 390 g/mol. The van der Waals surface area contributed by atoms with E-state index in [2.05, 4.69) is 27.8 Å². The SMILES string of the molecule is I/N=C(/C1CCCCCCCC1)N1CCCCCCC1. The van der Waals surface area contributed by atoms with Crippen LogP contribution in [0.1, 0.15) is 83.5 Å². The molecule has 2 fully saturated rings. The zero-order chi connectivity index (χ0) is 14.0. The molecule has 0 aromatic rings. The first-order valence-electron chi connectivity index (χ1n) is 8.85. The molecule has 0 aromatic carbocycles. The van der Waals surface area contributed by atoms with Gasteiger partial charge in [0.05, 0.1) is 22.9 Å². The van der Waals surface area contributed by atoms with Crippen LogP contribution in [-0.2, 0) is 0 Å². The van der Waals surface area contributed by atoms with Crippen LogP contribution in [0.5, 0.6) is 0 Å². The first-order valence-corrected chi connectivity index (χ1v) is 9.82. The molecule has 3 heteroatoms. The van der Waals surface area contributed by atoms with Crippen molar-refractivity contribution in [1.82, 2.24) is 4.90 Å². The quantitative estimate of drug-likeness (QED) is 0.316. The lowest BCUT2D eigenvalue weighted by Crippen LogP contribution is -2.38. The Kier molecular flexibility index (Phi) is 8.30. The van der Waals surface area contributed by atoms with Crippen LogP contribution in [0.25, 0.3) is 0 Å². The Balaban J connectivity index is 1.96. The standard InChI is InChI=1S/C17H31IN2/c18-19-17(20-14-10-6-3-7-11-15-20)16-12-8-4-1-2-5-9-13-16/h16H,1-15H2/b19-17-. The maximum absolute atomic E-state index is 4.72. The van der Waals surface area contributed by atoms with E-state index in [0.717, 1.165) is 5.92 Å². The van der Waals surface area contributed by atoms with Crippen LogP contribution in [0.15, 0.2) is 3.21 Å². The van der Waals surface area contributed by atoms with Crippen molar-refractivity contribution in [2.24, 2.45) is 9.12 Å². The van der Waals surface area contributed by atoms with E-state index >= 15 is 0 Å². The summed E-state index contributed by atoms with van der Waals surface area (Å²) in [6.07, 6.45) is 18.3. The lowest BCUT2D eigenvalue weighted by molar-refractivity contribution is 0.337. The second-order valence-electron chi connectivity index (χ2n) is 6.59. The first kappa shape index (κ1) is 16.6. The minimum atomic E-state index is 0.740. The van der Waals surface area contributed by atoms with Gasteiger partial charge >= 0.3 is 0 Å². The van der Waals surface area contributed by atoms with E-state index in [1.54, 1.807) is 0 Å². The molecule has 0 bridgehead atoms. The molecule has 0 spiro atoms. The van der Waals surface area contributed by atoms with Gasteiger partial charge in [-0.3, -0.25) is 0 Å². The van der Waals surface area contributed by atoms with Crippen LogP contribution >= 0.6 is 22.9 Å². The predicted molar refractivity (Wildman–Crippen MR) is 96.5 cm³/mol. The molecule has 2 rings (SSSR count). The predicted octanol–water partition coefficient (Wildman–Crippen LogP) is 5.75. The van der Waals surface area contributed by atoms with Gasteiger partial charge in [-0.25, -0.2) is 3.21 Å². The Morgan fingerprint density at radius 3 is 1.65 bits per heavy atom. The molecule has 0 unspecified atom stereocenters. The van der Waals surface area contributed by atoms with E-state index in [-0.39, 0.29) is 0 Å². The summed E-state index contributed by atoms with van der Waals surface area (Å²) in [5, 5.41) is 0. The highest BCUT2D eigenvalue weighted by atomic mass is 127. The number of halogens is 1. The first-order chi connectivity index (χ1) is 9.92. The third-order valence-corrected chi connectivity index (χ3v) is 5.48. The molecule has 0 N–H and O–H groups in total. The Morgan fingerprint density at radius 1 is 0.700 bits per heavy atom. The van der Waals surface area contributed by atoms with Gasteiger partial charge in [0.15, 0.2) is 0 Å². The molecule has 1 heterocycles. The van der Waals surface area contributed by atoms with Crippen LogP contribution < -0.4 is 0 Å². The van der Waals surface area contributed by atoms with Gasteiger partial charge in [-0.05, 0) is 25.7 Å². The highest BCUT2D eigenvalue weighted by Crippen LogP contribution is 2.26. The lowest BCUT2D eigenvalue weighted by atomic mass is 9.94. The summed E-state index contributed by atoms with van der Waals surface area (Å²) < 4.78 is 4.72. The minimum absolute atomic E-state index is 0.740. The third kappa shape index (κ3) is 5.53. The number of amidine groups is 1. The van der Waals surface area contributed by atoms with Gasteiger partial charge in [-0.15, -0.1) is 0 Å². The zero-order valence-electron chi connectivity index (χ0n) is 13.0. The number of hydrogen-bond acceptors (Lipinski definition) is 1. The lowest BCUT2D eigenvalue weighted by Gasteiger charge is -2.32. The fourth-order valence-electron chi connectivity index (χ4n) is 3.75. The van der Waals surface area contributed by atoms with Crippen molar-refractivity contribution < 1.29 is 0 Å². The van der Waals surface area contributed by atoms with Crippen molar-refractivity contribution in [3.05, 3.63) is 0 Å². The Bertz CT molecular complexity index is 273. The summed E-state index contributed by atoms with van der Waals surface area (Å²) in [5.41, 5.74) is 0. The minimum Gasteiger partial charge on any atom is -0.359 e. The normalized spacial score (nSPS) is 25.2. The molecule has 0 radical (unpaired) electrons. The summed E-state index contributed by atoms with van der Waals surface area (Å²) in [6, 6.07) is 0. The summed E-state index contributed by atoms with van der Waals surface area (Å²) in [7, 11) is 0. The summed E-state index contributed by atoms with van der Waals surface area (Å²) in [5.74, 6) is 2.18. The van der Waals surface area contributed by atoms with Crippen molar-refractivity contribution in [2.75, 3.05) is 13.1 Å². The largest absolute Gasteiger partial charge is 0.359 e. The molecule has 0 atom stereocenters. The van der Waals surface area contributed by atoms with Gasteiger partial charge in [0.1, 0.15) is 5.84 Å². The molecule has 2 nitrogen and oxygen atoms in total. The van der Waals surface area contributed by atoms with E-state index in [0.29, 0.717) is 0 Å². The van der Waals surface area contributed by atoms with E-state index in [9.17, 15) is 0 Å². The van der Waals surface area contributed by atoms with Gasteiger partial charge < -0.3 is 4.90 Å². The number of likely N-dealkylation sites (tertiary alicyclic amines) is 1. The molecular weight excluding hydrogens is 359 g/mol. The fourth-order valence-corrected chi connectivity index (χ4v) is 4.45. The Hall–Kier alpha value is 0.200. The van der Waals surface area contributed by atoms with Gasteiger partial charge in [-0.1, -0.05) is 57.8 Å². The second kappa shape index (κ2) is 10.0. The fraction of sp³-hybridized carbons (Fsp3) is 0.941. The molecule has 2 aliphatic rings. The maximum atomic E-state index is 4.72.